The summed E-state index contributed by atoms with van der Waals surface area (Å²) in [5.74, 6) is 0.985. The molecule has 1 N–H and O–H groups in total. The summed E-state index contributed by atoms with van der Waals surface area (Å²) >= 11 is 0. The molecule has 1 radical (unpaired) electrons. The first-order valence-electron chi connectivity index (χ1n) is 13.3. The predicted molar refractivity (Wildman–Crippen MR) is 144 cm³/mol. The van der Waals surface area contributed by atoms with Gasteiger partial charge in [0.2, 0.25) is 0 Å². The van der Waals surface area contributed by atoms with Gasteiger partial charge in [-0.3, -0.25) is 4.79 Å². The van der Waals surface area contributed by atoms with Gasteiger partial charge in [-0.05, 0) is 48.2 Å². The number of pyridine rings is 1. The number of aliphatic hydroxyl groups excluding tert-OH is 1. The summed E-state index contributed by atoms with van der Waals surface area (Å²) in [5, 5.41) is 12.4. The number of aryl methyl sites for hydroxylation is 2. The van der Waals surface area contributed by atoms with Crippen LogP contribution in [0, 0.1) is 31.7 Å². The normalized spacial score (nSPS) is 17.1. The zero-order valence-corrected chi connectivity index (χ0v) is 24.0. The van der Waals surface area contributed by atoms with E-state index < -0.39 is 0 Å². The van der Waals surface area contributed by atoms with Gasteiger partial charge in [0.1, 0.15) is 0 Å². The van der Waals surface area contributed by atoms with Crippen LogP contribution in [0.5, 0.6) is 0 Å². The van der Waals surface area contributed by atoms with E-state index in [0.717, 1.165) is 42.5 Å². The molecule has 3 nitrogen and oxygen atoms in total. The van der Waals surface area contributed by atoms with Gasteiger partial charge in [-0.2, -0.15) is 0 Å². The molecule has 193 valence electrons. The van der Waals surface area contributed by atoms with Crippen molar-refractivity contribution in [3.63, 3.8) is 0 Å². The molecule has 36 heavy (non-hydrogen) atoms. The fraction of sp³-hybridized carbons (Fsp3) is 0.438. The fourth-order valence-corrected chi connectivity index (χ4v) is 5.52. The van der Waals surface area contributed by atoms with E-state index in [2.05, 4.69) is 61.3 Å². The minimum atomic E-state index is 0. The largest absolute Gasteiger partial charge is 0.512 e. The van der Waals surface area contributed by atoms with Crippen LogP contribution < -0.4 is 0 Å². The Morgan fingerprint density at radius 1 is 0.917 bits per heavy atom. The Morgan fingerprint density at radius 2 is 1.56 bits per heavy atom. The number of fused-ring (bicyclic) bond motifs is 1. The van der Waals surface area contributed by atoms with Crippen molar-refractivity contribution in [3.8, 4) is 11.3 Å². The number of nitrogens with zero attached hydrogens (tertiary/aromatic N) is 1. The maximum atomic E-state index is 12.0. The number of aliphatic hydroxyl groups is 1. The summed E-state index contributed by atoms with van der Waals surface area (Å²) in [6.07, 6.45) is 14.8. The number of ketones is 1. The molecule has 2 fully saturated rings. The number of rotatable bonds is 4. The van der Waals surface area contributed by atoms with Gasteiger partial charge < -0.3 is 10.1 Å². The van der Waals surface area contributed by atoms with Crippen molar-refractivity contribution in [2.45, 2.75) is 78.1 Å². The molecule has 3 aromatic rings. The molecule has 1 aromatic heterocycles. The second-order valence-electron chi connectivity index (χ2n) is 10.3. The Morgan fingerprint density at radius 3 is 2.22 bits per heavy atom. The molecule has 0 saturated heterocycles. The smallest absolute Gasteiger partial charge is 0.162 e. The first kappa shape index (κ1) is 28.3. The van der Waals surface area contributed by atoms with E-state index in [9.17, 15) is 9.90 Å². The van der Waals surface area contributed by atoms with Crippen molar-refractivity contribution in [3.05, 3.63) is 77.7 Å². The summed E-state index contributed by atoms with van der Waals surface area (Å²) < 4.78 is 0. The van der Waals surface area contributed by atoms with E-state index in [1.807, 2.05) is 12.3 Å². The van der Waals surface area contributed by atoms with E-state index in [0.29, 0.717) is 5.76 Å². The molecule has 2 saturated carbocycles. The van der Waals surface area contributed by atoms with E-state index in [1.54, 1.807) is 6.08 Å². The summed E-state index contributed by atoms with van der Waals surface area (Å²) in [6.45, 7) is 4.18. The quantitative estimate of drug-likeness (QED) is 0.174. The van der Waals surface area contributed by atoms with Gasteiger partial charge in [0.25, 0.3) is 0 Å². The average Bonchev–Trinajstić information content (AvgIpc) is 2.89. The number of carbonyl (C=O) groups is 1. The maximum absolute atomic E-state index is 12.0. The Hall–Kier alpha value is -2.29. The Labute approximate surface area is 229 Å². The van der Waals surface area contributed by atoms with Crippen LogP contribution in [0.3, 0.4) is 0 Å². The number of aromatic nitrogens is 1. The Balaban J connectivity index is 0.000000196. The van der Waals surface area contributed by atoms with Crippen molar-refractivity contribution in [1.29, 1.82) is 0 Å². The minimum absolute atomic E-state index is 0. The second-order valence-corrected chi connectivity index (χ2v) is 10.3. The van der Waals surface area contributed by atoms with Crippen LogP contribution in [0.1, 0.15) is 75.3 Å². The molecule has 0 unspecified atom stereocenters. The van der Waals surface area contributed by atoms with Crippen LogP contribution in [-0.4, -0.2) is 15.9 Å². The van der Waals surface area contributed by atoms with Gasteiger partial charge in [0, 0.05) is 44.2 Å². The van der Waals surface area contributed by atoms with Gasteiger partial charge in [-0.1, -0.05) is 76.6 Å². The summed E-state index contributed by atoms with van der Waals surface area (Å²) in [4.78, 5) is 16.5. The minimum Gasteiger partial charge on any atom is -0.512 e. The average molecular weight is 661 g/mol. The number of carbonyl (C=O) groups excluding carboxylic acids is 1. The number of benzene rings is 2. The molecule has 5 rings (SSSR count). The van der Waals surface area contributed by atoms with E-state index in [4.69, 9.17) is 0 Å². The molecule has 0 amide bonds. The van der Waals surface area contributed by atoms with Crippen molar-refractivity contribution < 1.29 is 30.0 Å². The molecule has 2 aromatic carbocycles. The standard InChI is InChI=1S/C17H14N.C15H24O2.Ir/c1-12-9-13(2)11-15(10-12)17-16-6-4-3-5-14(16)7-8-18-17;16-14(12-7-3-1-4-8-12)11-15(17)13-9-5-2-6-10-13;/h3-10H,1-2H3;11-13,16H,1-10H2;/q-1;;/b;14-11-;. The van der Waals surface area contributed by atoms with Crippen molar-refractivity contribution in [1.82, 2.24) is 4.98 Å². The molecule has 2 aliphatic carbocycles. The number of hydrogen-bond donors (Lipinski definition) is 1. The van der Waals surface area contributed by atoms with E-state index >= 15 is 0 Å². The second kappa shape index (κ2) is 13.9. The number of hydrogen-bond acceptors (Lipinski definition) is 3. The molecular formula is C32H38IrNO2-. The van der Waals surface area contributed by atoms with Crippen LogP contribution >= 0.6 is 0 Å². The molecule has 2 aliphatic rings. The monoisotopic (exact) mass is 661 g/mol. The van der Waals surface area contributed by atoms with Gasteiger partial charge in [0.05, 0.1) is 5.76 Å². The molecule has 1 heterocycles. The van der Waals surface area contributed by atoms with Crippen LogP contribution in [0.2, 0.25) is 0 Å². The summed E-state index contributed by atoms with van der Waals surface area (Å²) in [5.41, 5.74) is 4.49. The Kier molecular flexibility index (Phi) is 10.9. The van der Waals surface area contributed by atoms with Gasteiger partial charge in [-0.25, -0.2) is 0 Å². The topological polar surface area (TPSA) is 50.2 Å². The molecule has 0 bridgehead atoms. The third kappa shape index (κ3) is 7.60. The molecule has 0 atom stereocenters. The van der Waals surface area contributed by atoms with Gasteiger partial charge in [-0.15, -0.1) is 34.9 Å². The third-order valence-electron chi connectivity index (χ3n) is 7.40. The predicted octanol–water partition coefficient (Wildman–Crippen LogP) is 8.47. The summed E-state index contributed by atoms with van der Waals surface area (Å²) in [7, 11) is 0. The van der Waals surface area contributed by atoms with E-state index in [-0.39, 0.29) is 37.7 Å². The molecule has 4 heteroatoms. The zero-order valence-electron chi connectivity index (χ0n) is 21.6. The van der Waals surface area contributed by atoms with E-state index in [1.165, 1.54) is 54.9 Å². The first-order chi connectivity index (χ1) is 17.0. The summed E-state index contributed by atoms with van der Waals surface area (Å²) in [6, 6.07) is 18.0. The molecule has 0 spiro atoms. The SMILES string of the molecule is Cc1[c-]c(-c2nccc3ccccc23)cc(C)c1.O=C(/C=C(\O)C1CCCCC1)C1CCCCC1.[Ir]. The number of allylic oxidation sites excluding steroid dienone is 2. The van der Waals surface area contributed by atoms with Crippen LogP contribution in [-0.2, 0) is 24.9 Å². The van der Waals surface area contributed by atoms with Crippen molar-refractivity contribution >= 4 is 16.6 Å². The van der Waals surface area contributed by atoms with Crippen LogP contribution in [0.25, 0.3) is 22.0 Å². The zero-order chi connectivity index (χ0) is 24.6. The van der Waals surface area contributed by atoms with Gasteiger partial charge in [0.15, 0.2) is 5.78 Å². The molecule has 0 aliphatic heterocycles. The first-order valence-corrected chi connectivity index (χ1v) is 13.3. The van der Waals surface area contributed by atoms with Crippen LogP contribution in [0.15, 0.2) is 60.5 Å². The van der Waals surface area contributed by atoms with Crippen molar-refractivity contribution in [2.24, 2.45) is 11.8 Å². The molecular weight excluding hydrogens is 623 g/mol. The van der Waals surface area contributed by atoms with Crippen molar-refractivity contribution in [2.75, 3.05) is 0 Å². The van der Waals surface area contributed by atoms with Gasteiger partial charge >= 0.3 is 0 Å². The maximum Gasteiger partial charge on any atom is 0.162 e. The van der Waals surface area contributed by atoms with Crippen LogP contribution in [0.4, 0.5) is 0 Å². The Bertz CT molecular complexity index is 1150. The third-order valence-corrected chi connectivity index (χ3v) is 7.40. The fourth-order valence-electron chi connectivity index (χ4n) is 5.52.